The zero-order valence-corrected chi connectivity index (χ0v) is 17.3. The Hall–Kier alpha value is -2.48. The third kappa shape index (κ3) is 8.04. The first kappa shape index (κ1) is 21.8. The van der Waals surface area contributed by atoms with E-state index in [0.29, 0.717) is 38.1 Å². The molecule has 2 rings (SSSR count). The maximum atomic E-state index is 12.1. The van der Waals surface area contributed by atoms with E-state index in [9.17, 15) is 4.79 Å². The van der Waals surface area contributed by atoms with E-state index in [1.807, 2.05) is 39.0 Å². The molecule has 0 saturated carbocycles. The molecule has 8 heteroatoms. The van der Waals surface area contributed by atoms with Crippen molar-refractivity contribution in [1.29, 1.82) is 0 Å². The van der Waals surface area contributed by atoms with Gasteiger partial charge in [-0.3, -0.25) is 4.79 Å². The van der Waals surface area contributed by atoms with Gasteiger partial charge >= 0.3 is 0 Å². The number of methoxy groups -OCH3 is 1. The van der Waals surface area contributed by atoms with Gasteiger partial charge < -0.3 is 30.2 Å². The topological polar surface area (TPSA) is 93.2 Å². The van der Waals surface area contributed by atoms with Crippen LogP contribution in [0.5, 0.6) is 11.5 Å². The number of hydrogen-bond acceptors (Lipinski definition) is 5. The Morgan fingerprint density at radius 1 is 1.21 bits per heavy atom. The summed E-state index contributed by atoms with van der Waals surface area (Å²) in [5.41, 5.74) is 0.513. The summed E-state index contributed by atoms with van der Waals surface area (Å²) < 4.78 is 16.5. The standard InChI is InChI=1S/C20H32N4O4/c1-20(2,3)24-18(25)14-22-19(21-9-5-10-26-4)23-15-7-8-16-17(13-15)28-12-6-11-27-16/h7-8,13H,5-6,9-12,14H2,1-4H3,(H,24,25)(H2,21,22,23). The number of hydrogen-bond donors (Lipinski definition) is 3. The quantitative estimate of drug-likeness (QED) is 0.374. The minimum Gasteiger partial charge on any atom is -0.490 e. The van der Waals surface area contributed by atoms with Crippen molar-refractivity contribution in [2.75, 3.05) is 45.3 Å². The number of nitrogens with one attached hydrogen (secondary N) is 3. The lowest BCUT2D eigenvalue weighted by atomic mass is 10.1. The predicted molar refractivity (Wildman–Crippen MR) is 110 cm³/mol. The van der Waals surface area contributed by atoms with E-state index < -0.39 is 0 Å². The summed E-state index contributed by atoms with van der Waals surface area (Å²) in [4.78, 5) is 16.5. The molecule has 0 fully saturated rings. The molecule has 156 valence electrons. The predicted octanol–water partition coefficient (Wildman–Crippen LogP) is 2.16. The molecule has 0 aliphatic carbocycles. The summed E-state index contributed by atoms with van der Waals surface area (Å²) in [6, 6.07) is 5.65. The van der Waals surface area contributed by atoms with Crippen LogP contribution in [0.2, 0.25) is 0 Å². The maximum absolute atomic E-state index is 12.1. The molecule has 8 nitrogen and oxygen atoms in total. The highest BCUT2D eigenvalue weighted by molar-refractivity contribution is 5.95. The summed E-state index contributed by atoms with van der Waals surface area (Å²) in [7, 11) is 1.67. The number of amides is 1. The second-order valence-electron chi connectivity index (χ2n) is 7.57. The number of fused-ring (bicyclic) bond motifs is 1. The van der Waals surface area contributed by atoms with Crippen LogP contribution in [0.1, 0.15) is 33.6 Å². The lowest BCUT2D eigenvalue weighted by Gasteiger charge is -2.20. The summed E-state index contributed by atoms with van der Waals surface area (Å²) in [6.45, 7) is 8.44. The van der Waals surface area contributed by atoms with Crippen molar-refractivity contribution in [3.8, 4) is 11.5 Å². The molecule has 1 aliphatic rings. The van der Waals surface area contributed by atoms with E-state index in [1.165, 1.54) is 0 Å². The van der Waals surface area contributed by atoms with Gasteiger partial charge in [0, 0.05) is 44.0 Å². The Labute approximate surface area is 167 Å². The zero-order chi connectivity index (χ0) is 20.4. The fourth-order valence-electron chi connectivity index (χ4n) is 2.55. The molecule has 0 unspecified atom stereocenters. The first-order chi connectivity index (χ1) is 13.4. The van der Waals surface area contributed by atoms with Crippen LogP contribution in [0.25, 0.3) is 0 Å². The second kappa shape index (κ2) is 10.8. The van der Waals surface area contributed by atoms with E-state index in [4.69, 9.17) is 14.2 Å². The summed E-state index contributed by atoms with van der Waals surface area (Å²) in [6.07, 6.45) is 1.68. The summed E-state index contributed by atoms with van der Waals surface area (Å²) >= 11 is 0. The number of anilines is 1. The van der Waals surface area contributed by atoms with Crippen molar-refractivity contribution >= 4 is 17.6 Å². The Morgan fingerprint density at radius 3 is 2.68 bits per heavy atom. The average Bonchev–Trinajstić information content (AvgIpc) is 2.86. The largest absolute Gasteiger partial charge is 0.490 e. The van der Waals surface area contributed by atoms with Crippen LogP contribution in [-0.2, 0) is 9.53 Å². The molecule has 0 aromatic heterocycles. The van der Waals surface area contributed by atoms with Crippen LogP contribution < -0.4 is 25.4 Å². The Morgan fingerprint density at radius 2 is 1.96 bits per heavy atom. The zero-order valence-electron chi connectivity index (χ0n) is 17.3. The molecule has 1 aliphatic heterocycles. The summed E-state index contributed by atoms with van der Waals surface area (Å²) in [5.74, 6) is 1.82. The average molecular weight is 393 g/mol. The van der Waals surface area contributed by atoms with Crippen molar-refractivity contribution in [2.24, 2.45) is 4.99 Å². The third-order valence-corrected chi connectivity index (χ3v) is 3.72. The molecule has 0 spiro atoms. The molecule has 3 N–H and O–H groups in total. The van der Waals surface area contributed by atoms with Crippen LogP contribution in [0.3, 0.4) is 0 Å². The van der Waals surface area contributed by atoms with E-state index in [1.54, 1.807) is 7.11 Å². The normalized spacial score (nSPS) is 14.2. The molecule has 1 amide bonds. The second-order valence-corrected chi connectivity index (χ2v) is 7.57. The van der Waals surface area contributed by atoms with Crippen molar-refractivity contribution in [3.05, 3.63) is 18.2 Å². The Kier molecular flexibility index (Phi) is 8.38. The molecular weight excluding hydrogens is 360 g/mol. The van der Waals surface area contributed by atoms with Gasteiger partial charge in [-0.2, -0.15) is 0 Å². The molecular formula is C20H32N4O4. The molecule has 0 saturated heterocycles. The number of guanidine groups is 1. The van der Waals surface area contributed by atoms with Crippen LogP contribution in [0.15, 0.2) is 23.2 Å². The van der Waals surface area contributed by atoms with E-state index in [2.05, 4.69) is 20.9 Å². The number of benzene rings is 1. The van der Waals surface area contributed by atoms with Gasteiger partial charge in [-0.05, 0) is 39.3 Å². The first-order valence-electron chi connectivity index (χ1n) is 9.62. The lowest BCUT2D eigenvalue weighted by Crippen LogP contribution is -2.42. The van der Waals surface area contributed by atoms with E-state index >= 15 is 0 Å². The summed E-state index contributed by atoms with van der Waals surface area (Å²) in [5, 5.41) is 9.35. The highest BCUT2D eigenvalue weighted by Gasteiger charge is 2.14. The van der Waals surface area contributed by atoms with E-state index in [-0.39, 0.29) is 18.0 Å². The first-order valence-corrected chi connectivity index (χ1v) is 9.62. The Bertz CT molecular complexity index is 671. The number of carbonyl (C=O) groups is 1. The minimum atomic E-state index is -0.291. The van der Waals surface area contributed by atoms with Gasteiger partial charge in [0.2, 0.25) is 5.91 Å². The maximum Gasteiger partial charge on any atom is 0.242 e. The highest BCUT2D eigenvalue weighted by atomic mass is 16.5. The lowest BCUT2D eigenvalue weighted by molar-refractivity contribution is -0.121. The van der Waals surface area contributed by atoms with E-state index in [0.717, 1.165) is 24.3 Å². The van der Waals surface area contributed by atoms with Gasteiger partial charge in [-0.25, -0.2) is 4.99 Å². The molecule has 1 aromatic rings. The number of nitrogens with zero attached hydrogens (tertiary/aromatic N) is 1. The molecule has 0 atom stereocenters. The molecule has 0 bridgehead atoms. The number of ether oxygens (including phenoxy) is 3. The number of carbonyl (C=O) groups excluding carboxylic acids is 1. The smallest absolute Gasteiger partial charge is 0.242 e. The third-order valence-electron chi connectivity index (χ3n) is 3.72. The Balaban J connectivity index is 2.04. The van der Waals surface area contributed by atoms with Crippen LogP contribution in [0.4, 0.5) is 5.69 Å². The van der Waals surface area contributed by atoms with Crippen molar-refractivity contribution < 1.29 is 19.0 Å². The van der Waals surface area contributed by atoms with Gasteiger partial charge in [0.1, 0.15) is 6.54 Å². The van der Waals surface area contributed by atoms with Crippen molar-refractivity contribution in [2.45, 2.75) is 39.2 Å². The highest BCUT2D eigenvalue weighted by Crippen LogP contribution is 2.32. The van der Waals surface area contributed by atoms with Crippen molar-refractivity contribution in [3.63, 3.8) is 0 Å². The fourth-order valence-corrected chi connectivity index (χ4v) is 2.55. The SMILES string of the molecule is COCCCNC(=NCC(=O)NC(C)(C)C)Nc1ccc2c(c1)OCCCO2. The number of aliphatic imine (C=N–C) groups is 1. The minimum absolute atomic E-state index is 0.0292. The van der Waals surface area contributed by atoms with Gasteiger partial charge in [0.25, 0.3) is 0 Å². The molecule has 0 radical (unpaired) electrons. The van der Waals surface area contributed by atoms with Gasteiger partial charge in [-0.15, -0.1) is 0 Å². The fraction of sp³-hybridized carbons (Fsp3) is 0.600. The number of rotatable bonds is 7. The molecule has 1 heterocycles. The van der Waals surface area contributed by atoms with Gasteiger partial charge in [0.15, 0.2) is 17.5 Å². The molecule has 28 heavy (non-hydrogen) atoms. The van der Waals surface area contributed by atoms with Crippen molar-refractivity contribution in [1.82, 2.24) is 10.6 Å². The van der Waals surface area contributed by atoms with Crippen LogP contribution >= 0.6 is 0 Å². The molecule has 1 aromatic carbocycles. The van der Waals surface area contributed by atoms with Gasteiger partial charge in [-0.1, -0.05) is 0 Å². The van der Waals surface area contributed by atoms with Crippen LogP contribution in [-0.4, -0.2) is 57.4 Å². The van der Waals surface area contributed by atoms with Gasteiger partial charge in [0.05, 0.1) is 13.2 Å². The monoisotopic (exact) mass is 392 g/mol. The van der Waals surface area contributed by atoms with Crippen LogP contribution in [0, 0.1) is 0 Å².